The molecule has 0 aromatic heterocycles. The molecule has 2 aromatic carbocycles. The second kappa shape index (κ2) is 3.50. The van der Waals surface area contributed by atoms with Crippen LogP contribution in [0, 0.1) is 5.92 Å². The van der Waals surface area contributed by atoms with Crippen molar-refractivity contribution in [3.8, 4) is 5.75 Å². The van der Waals surface area contributed by atoms with Crippen LogP contribution in [0.2, 0.25) is 0 Å². The summed E-state index contributed by atoms with van der Waals surface area (Å²) in [4.78, 5) is 0. The van der Waals surface area contributed by atoms with E-state index in [1.54, 1.807) is 0 Å². The number of benzene rings is 2. The lowest BCUT2D eigenvalue weighted by Gasteiger charge is -2.28. The van der Waals surface area contributed by atoms with Crippen LogP contribution < -0.4 is 0 Å². The second-order valence-corrected chi connectivity index (χ2v) is 6.14. The Morgan fingerprint density at radius 3 is 2.56 bits per heavy atom. The van der Waals surface area contributed by atoms with E-state index in [9.17, 15) is 5.11 Å². The number of rotatable bonds is 1. The average molecular weight is 238 g/mol. The van der Waals surface area contributed by atoms with Crippen LogP contribution >= 0.6 is 0 Å². The lowest BCUT2D eigenvalue weighted by atomic mass is 9.75. The zero-order valence-electron chi connectivity index (χ0n) is 10.5. The minimum absolute atomic E-state index is 0.364. The van der Waals surface area contributed by atoms with E-state index >= 15 is 0 Å². The number of hydrogen-bond acceptors (Lipinski definition) is 1. The molecule has 18 heavy (non-hydrogen) atoms. The summed E-state index contributed by atoms with van der Waals surface area (Å²) >= 11 is 0. The van der Waals surface area contributed by atoms with Gasteiger partial charge in [-0.15, -0.1) is 0 Å². The molecule has 92 valence electrons. The van der Waals surface area contributed by atoms with Crippen LogP contribution in [-0.2, 0) is 5.41 Å². The molecule has 2 saturated carbocycles. The Balaban J connectivity index is 1.99. The fraction of sp³-hybridized carbons (Fsp3) is 0.412. The standard InChI is InChI=1S/C17H18O/c18-14-9-13-3-1-2-4-15(13)16(10-14)17-7-5-12(11-17)6-8-17/h1-4,9-10,12,18H,5-8,11H2. The summed E-state index contributed by atoms with van der Waals surface area (Å²) in [6, 6.07) is 12.4. The minimum Gasteiger partial charge on any atom is -0.508 e. The number of phenols is 1. The fourth-order valence-electron chi connectivity index (χ4n) is 4.30. The topological polar surface area (TPSA) is 20.2 Å². The van der Waals surface area contributed by atoms with Gasteiger partial charge in [-0.05, 0) is 71.9 Å². The second-order valence-electron chi connectivity index (χ2n) is 6.14. The third-order valence-corrected chi connectivity index (χ3v) is 5.16. The molecule has 0 aliphatic heterocycles. The van der Waals surface area contributed by atoms with Crippen molar-refractivity contribution in [2.75, 3.05) is 0 Å². The molecule has 0 saturated heterocycles. The highest BCUT2D eigenvalue weighted by Gasteiger charge is 2.46. The van der Waals surface area contributed by atoms with Gasteiger partial charge in [0.1, 0.15) is 5.75 Å². The van der Waals surface area contributed by atoms with Crippen LogP contribution in [0.25, 0.3) is 10.8 Å². The molecule has 2 bridgehead atoms. The molecule has 0 radical (unpaired) electrons. The first kappa shape index (κ1) is 10.4. The maximum atomic E-state index is 9.99. The highest BCUT2D eigenvalue weighted by Crippen LogP contribution is 2.56. The largest absolute Gasteiger partial charge is 0.508 e. The minimum atomic E-state index is 0.364. The first-order valence-corrected chi connectivity index (χ1v) is 6.99. The van der Waals surface area contributed by atoms with Gasteiger partial charge in [0.15, 0.2) is 0 Å². The number of aromatic hydroxyl groups is 1. The molecule has 0 heterocycles. The monoisotopic (exact) mass is 238 g/mol. The Kier molecular flexibility index (Phi) is 2.03. The summed E-state index contributed by atoms with van der Waals surface area (Å²) in [7, 11) is 0. The molecular formula is C17H18O. The molecule has 1 heteroatoms. The maximum Gasteiger partial charge on any atom is 0.116 e. The molecule has 2 aromatic rings. The molecule has 0 amide bonds. The first-order valence-electron chi connectivity index (χ1n) is 6.99. The van der Waals surface area contributed by atoms with E-state index in [1.165, 1.54) is 48.4 Å². The zero-order valence-corrected chi connectivity index (χ0v) is 10.5. The first-order chi connectivity index (χ1) is 8.77. The van der Waals surface area contributed by atoms with Crippen LogP contribution in [0.5, 0.6) is 5.75 Å². The predicted molar refractivity (Wildman–Crippen MR) is 73.9 cm³/mol. The van der Waals surface area contributed by atoms with Crippen molar-refractivity contribution in [2.24, 2.45) is 5.92 Å². The summed E-state index contributed by atoms with van der Waals surface area (Å²) < 4.78 is 0. The van der Waals surface area contributed by atoms with Gasteiger partial charge in [-0.25, -0.2) is 0 Å². The van der Waals surface area contributed by atoms with E-state index < -0.39 is 0 Å². The van der Waals surface area contributed by atoms with Crippen LogP contribution in [-0.4, -0.2) is 5.11 Å². The molecule has 1 N–H and O–H groups in total. The van der Waals surface area contributed by atoms with Crippen LogP contribution in [0.15, 0.2) is 36.4 Å². The lowest BCUT2D eigenvalue weighted by molar-refractivity contribution is 0.417. The van der Waals surface area contributed by atoms with Gasteiger partial charge in [0.2, 0.25) is 0 Å². The highest BCUT2D eigenvalue weighted by molar-refractivity contribution is 5.88. The molecular weight excluding hydrogens is 220 g/mol. The van der Waals surface area contributed by atoms with Gasteiger partial charge in [0.25, 0.3) is 0 Å². The summed E-state index contributed by atoms with van der Waals surface area (Å²) in [6.07, 6.45) is 6.71. The molecule has 0 unspecified atom stereocenters. The Hall–Kier alpha value is -1.50. The van der Waals surface area contributed by atoms with E-state index in [-0.39, 0.29) is 0 Å². The third kappa shape index (κ3) is 1.33. The molecule has 0 atom stereocenters. The number of hydrogen-bond donors (Lipinski definition) is 1. The third-order valence-electron chi connectivity index (χ3n) is 5.16. The predicted octanol–water partition coefficient (Wildman–Crippen LogP) is 4.38. The van der Waals surface area contributed by atoms with Crippen molar-refractivity contribution in [1.82, 2.24) is 0 Å². The van der Waals surface area contributed by atoms with Crippen molar-refractivity contribution in [3.05, 3.63) is 42.0 Å². The Bertz CT molecular complexity index is 606. The van der Waals surface area contributed by atoms with Crippen LogP contribution in [0.4, 0.5) is 0 Å². The van der Waals surface area contributed by atoms with Gasteiger partial charge in [-0.1, -0.05) is 24.3 Å². The molecule has 2 aliphatic carbocycles. The number of fused-ring (bicyclic) bond motifs is 3. The normalized spacial score (nSPS) is 30.1. The van der Waals surface area contributed by atoms with Gasteiger partial charge in [-0.2, -0.15) is 0 Å². The van der Waals surface area contributed by atoms with E-state index in [1.807, 2.05) is 12.1 Å². The van der Waals surface area contributed by atoms with E-state index in [4.69, 9.17) is 0 Å². The summed E-state index contributed by atoms with van der Waals surface area (Å²) in [5.41, 5.74) is 1.77. The SMILES string of the molecule is Oc1cc(C23CCC(CC2)C3)c2ccccc2c1. The fourth-order valence-corrected chi connectivity index (χ4v) is 4.30. The van der Waals surface area contributed by atoms with E-state index in [2.05, 4.69) is 24.3 Å². The smallest absolute Gasteiger partial charge is 0.116 e. The van der Waals surface area contributed by atoms with Crippen molar-refractivity contribution in [2.45, 2.75) is 37.5 Å². The van der Waals surface area contributed by atoms with E-state index in [0.29, 0.717) is 11.2 Å². The number of phenolic OH excluding ortho intramolecular Hbond substituents is 1. The van der Waals surface area contributed by atoms with Gasteiger partial charge >= 0.3 is 0 Å². The maximum absolute atomic E-state index is 9.99. The summed E-state index contributed by atoms with van der Waals surface area (Å²) in [5.74, 6) is 1.36. The van der Waals surface area contributed by atoms with Crippen LogP contribution in [0.3, 0.4) is 0 Å². The van der Waals surface area contributed by atoms with E-state index in [0.717, 1.165) is 5.92 Å². The van der Waals surface area contributed by atoms with Crippen molar-refractivity contribution in [3.63, 3.8) is 0 Å². The van der Waals surface area contributed by atoms with Gasteiger partial charge < -0.3 is 5.11 Å². The molecule has 4 rings (SSSR count). The molecule has 2 fully saturated rings. The summed E-state index contributed by atoms with van der Waals surface area (Å²) in [5, 5.41) is 12.5. The van der Waals surface area contributed by atoms with Crippen molar-refractivity contribution in [1.29, 1.82) is 0 Å². The van der Waals surface area contributed by atoms with Crippen molar-refractivity contribution >= 4 is 10.8 Å². The van der Waals surface area contributed by atoms with Gasteiger partial charge in [0.05, 0.1) is 0 Å². The quantitative estimate of drug-likeness (QED) is 0.781. The van der Waals surface area contributed by atoms with Gasteiger partial charge in [0, 0.05) is 0 Å². The van der Waals surface area contributed by atoms with Gasteiger partial charge in [-0.3, -0.25) is 0 Å². The summed E-state index contributed by atoms with van der Waals surface area (Å²) in [6.45, 7) is 0. The molecule has 2 aliphatic rings. The Morgan fingerprint density at radius 2 is 1.83 bits per heavy atom. The molecule has 1 nitrogen and oxygen atoms in total. The Morgan fingerprint density at radius 1 is 1.06 bits per heavy atom. The highest BCUT2D eigenvalue weighted by atomic mass is 16.3. The van der Waals surface area contributed by atoms with Crippen molar-refractivity contribution < 1.29 is 5.11 Å². The lowest BCUT2D eigenvalue weighted by Crippen LogP contribution is -2.19. The average Bonchev–Trinajstić information content (AvgIpc) is 2.99. The van der Waals surface area contributed by atoms with Crippen LogP contribution in [0.1, 0.15) is 37.7 Å². The zero-order chi connectivity index (χ0) is 12.2. The molecule has 0 spiro atoms. The Labute approximate surface area is 107 Å².